The van der Waals surface area contributed by atoms with Gasteiger partial charge in [0.15, 0.2) is 0 Å². The van der Waals surface area contributed by atoms with Crippen LogP contribution in [0.3, 0.4) is 0 Å². The molecule has 0 aliphatic rings. The molecule has 6 rings (SSSR count). The number of benzene rings is 5. The number of amides is 1. The molecular formula is C36H30N2O3S. The third-order valence-electron chi connectivity index (χ3n) is 7.55. The second kappa shape index (κ2) is 11.5. The van der Waals surface area contributed by atoms with Crippen molar-refractivity contribution in [2.45, 2.75) is 24.3 Å². The SMILES string of the molecule is Cc1ccccc1S(=O)(=O)NC(=O)c1ccc(Cc2cn(C(c3ccccc3)c3ccccc3)c3ccccc23)cc1. The van der Waals surface area contributed by atoms with Gasteiger partial charge in [-0.25, -0.2) is 13.1 Å². The van der Waals surface area contributed by atoms with Crippen LogP contribution in [0.1, 0.15) is 44.2 Å². The van der Waals surface area contributed by atoms with Gasteiger partial charge >= 0.3 is 0 Å². The molecule has 5 aromatic carbocycles. The number of hydrogen-bond donors (Lipinski definition) is 1. The van der Waals surface area contributed by atoms with E-state index in [-0.39, 0.29) is 16.5 Å². The molecule has 0 aliphatic heterocycles. The number of fused-ring (bicyclic) bond motifs is 1. The zero-order valence-electron chi connectivity index (χ0n) is 23.1. The van der Waals surface area contributed by atoms with E-state index in [4.69, 9.17) is 0 Å². The number of rotatable bonds is 8. The number of sulfonamides is 1. The molecule has 1 amide bonds. The van der Waals surface area contributed by atoms with Gasteiger partial charge in [-0.05, 0) is 65.4 Å². The molecule has 42 heavy (non-hydrogen) atoms. The molecule has 5 nitrogen and oxygen atoms in total. The molecule has 0 saturated carbocycles. The minimum Gasteiger partial charge on any atom is -0.336 e. The Morgan fingerprint density at radius 3 is 1.93 bits per heavy atom. The van der Waals surface area contributed by atoms with E-state index >= 15 is 0 Å². The molecule has 6 heteroatoms. The van der Waals surface area contributed by atoms with Gasteiger partial charge in [0.2, 0.25) is 0 Å². The van der Waals surface area contributed by atoms with Crippen molar-refractivity contribution in [2.24, 2.45) is 0 Å². The van der Waals surface area contributed by atoms with Gasteiger partial charge in [-0.2, -0.15) is 0 Å². The van der Waals surface area contributed by atoms with Crippen LogP contribution in [0.5, 0.6) is 0 Å². The van der Waals surface area contributed by atoms with Crippen LogP contribution in [0.25, 0.3) is 10.9 Å². The van der Waals surface area contributed by atoms with Crippen molar-refractivity contribution >= 4 is 26.8 Å². The monoisotopic (exact) mass is 570 g/mol. The topological polar surface area (TPSA) is 68.2 Å². The predicted octanol–water partition coefficient (Wildman–Crippen LogP) is 7.30. The molecule has 0 spiro atoms. The number of nitrogens with one attached hydrogen (secondary N) is 1. The maximum Gasteiger partial charge on any atom is 0.264 e. The van der Waals surface area contributed by atoms with Gasteiger partial charge < -0.3 is 4.57 Å². The van der Waals surface area contributed by atoms with Crippen LogP contribution < -0.4 is 4.72 Å². The van der Waals surface area contributed by atoms with Gasteiger partial charge in [-0.1, -0.05) is 109 Å². The summed E-state index contributed by atoms with van der Waals surface area (Å²) in [4.78, 5) is 12.9. The van der Waals surface area contributed by atoms with Gasteiger partial charge in [0.05, 0.1) is 10.9 Å². The Balaban J connectivity index is 1.29. The smallest absolute Gasteiger partial charge is 0.264 e. The standard InChI is InChI=1S/C36H30N2O3S/c1-26-12-8-11-19-34(26)42(40,41)37-36(39)30-22-20-27(21-23-30)24-31-25-38(33-18-10-9-17-32(31)33)35(28-13-4-2-5-14-28)29-15-6-3-7-16-29/h2-23,25,35H,24H2,1H3,(H,37,39). The van der Waals surface area contributed by atoms with Gasteiger partial charge in [0, 0.05) is 22.7 Å². The number of carbonyl (C=O) groups is 1. The van der Waals surface area contributed by atoms with Gasteiger partial charge in [-0.15, -0.1) is 0 Å². The molecular weight excluding hydrogens is 540 g/mol. The van der Waals surface area contributed by atoms with E-state index < -0.39 is 15.9 Å². The van der Waals surface area contributed by atoms with Crippen LogP contribution in [-0.2, 0) is 16.4 Å². The van der Waals surface area contributed by atoms with Crippen LogP contribution in [-0.4, -0.2) is 18.9 Å². The maximum atomic E-state index is 12.8. The first kappa shape index (κ1) is 27.2. The third-order valence-corrected chi connectivity index (χ3v) is 9.04. The summed E-state index contributed by atoms with van der Waals surface area (Å²) in [6, 6.07) is 43.1. The Labute approximate surface area is 246 Å². The average molecular weight is 571 g/mol. The lowest BCUT2D eigenvalue weighted by molar-refractivity contribution is 0.0981. The van der Waals surface area contributed by atoms with Gasteiger partial charge in [0.25, 0.3) is 15.9 Å². The maximum absolute atomic E-state index is 12.8. The number of nitrogens with zero attached hydrogens (tertiary/aromatic N) is 1. The minimum atomic E-state index is -3.97. The summed E-state index contributed by atoms with van der Waals surface area (Å²) in [5.74, 6) is -0.657. The zero-order chi connectivity index (χ0) is 29.1. The molecule has 208 valence electrons. The molecule has 0 fully saturated rings. The first-order valence-corrected chi connectivity index (χ1v) is 15.3. The molecule has 1 aromatic heterocycles. The van der Waals surface area contributed by atoms with Crippen LogP contribution in [0.4, 0.5) is 0 Å². The molecule has 1 heterocycles. The summed E-state index contributed by atoms with van der Waals surface area (Å²) < 4.78 is 30.1. The molecule has 0 unspecified atom stereocenters. The van der Waals surface area contributed by atoms with E-state index in [0.717, 1.165) is 11.1 Å². The lowest BCUT2D eigenvalue weighted by Crippen LogP contribution is -2.31. The number of carbonyl (C=O) groups excluding carboxylic acids is 1. The highest BCUT2D eigenvalue weighted by molar-refractivity contribution is 7.90. The lowest BCUT2D eigenvalue weighted by atomic mass is 9.98. The fraction of sp³-hybridized carbons (Fsp3) is 0.0833. The van der Waals surface area contributed by atoms with E-state index in [2.05, 4.69) is 88.3 Å². The zero-order valence-corrected chi connectivity index (χ0v) is 24.0. The summed E-state index contributed by atoms with van der Waals surface area (Å²) in [6.07, 6.45) is 2.89. The Morgan fingerprint density at radius 2 is 1.29 bits per heavy atom. The molecule has 0 bridgehead atoms. The molecule has 0 saturated heterocycles. The Kier molecular flexibility index (Phi) is 7.46. The van der Waals surface area contributed by atoms with E-state index in [1.807, 2.05) is 24.3 Å². The molecule has 1 N–H and O–H groups in total. The van der Waals surface area contributed by atoms with Gasteiger partial charge in [0.1, 0.15) is 0 Å². The van der Waals surface area contributed by atoms with Crippen LogP contribution in [0.15, 0.2) is 145 Å². The second-order valence-electron chi connectivity index (χ2n) is 10.4. The fourth-order valence-corrected chi connectivity index (χ4v) is 6.73. The molecule has 0 atom stereocenters. The summed E-state index contributed by atoms with van der Waals surface area (Å²) in [5, 5.41) is 1.17. The van der Waals surface area contributed by atoms with Crippen LogP contribution in [0.2, 0.25) is 0 Å². The number of aryl methyl sites for hydroxylation is 1. The van der Waals surface area contributed by atoms with Crippen LogP contribution >= 0.6 is 0 Å². The third kappa shape index (κ3) is 5.49. The average Bonchev–Trinajstić information content (AvgIpc) is 3.36. The minimum absolute atomic E-state index is 0.00678. The van der Waals surface area contributed by atoms with E-state index in [1.165, 1.54) is 28.1 Å². The normalized spacial score (nSPS) is 11.6. The Hall–Kier alpha value is -4.94. The lowest BCUT2D eigenvalue weighted by Gasteiger charge is -2.21. The van der Waals surface area contributed by atoms with Crippen molar-refractivity contribution in [1.29, 1.82) is 0 Å². The summed E-state index contributed by atoms with van der Waals surface area (Å²) in [5.41, 5.74) is 6.59. The Bertz CT molecular complexity index is 1920. The Morgan fingerprint density at radius 1 is 0.714 bits per heavy atom. The summed E-state index contributed by atoms with van der Waals surface area (Å²) >= 11 is 0. The number of aromatic nitrogens is 1. The highest BCUT2D eigenvalue weighted by Gasteiger charge is 2.22. The summed E-state index contributed by atoms with van der Waals surface area (Å²) in [6.45, 7) is 1.70. The van der Waals surface area contributed by atoms with Crippen molar-refractivity contribution in [3.63, 3.8) is 0 Å². The van der Waals surface area contributed by atoms with Crippen molar-refractivity contribution in [2.75, 3.05) is 0 Å². The molecule has 0 aliphatic carbocycles. The van der Waals surface area contributed by atoms with E-state index in [0.29, 0.717) is 12.0 Å². The van der Waals surface area contributed by atoms with Crippen molar-refractivity contribution < 1.29 is 13.2 Å². The first-order chi connectivity index (χ1) is 20.4. The van der Waals surface area contributed by atoms with Crippen molar-refractivity contribution in [3.8, 4) is 0 Å². The largest absolute Gasteiger partial charge is 0.336 e. The van der Waals surface area contributed by atoms with E-state index in [9.17, 15) is 13.2 Å². The highest BCUT2D eigenvalue weighted by Crippen LogP contribution is 2.33. The first-order valence-electron chi connectivity index (χ1n) is 13.8. The summed E-state index contributed by atoms with van der Waals surface area (Å²) in [7, 11) is -3.97. The molecule has 0 radical (unpaired) electrons. The van der Waals surface area contributed by atoms with Crippen molar-refractivity contribution in [1.82, 2.24) is 9.29 Å². The quantitative estimate of drug-likeness (QED) is 0.209. The highest BCUT2D eigenvalue weighted by atomic mass is 32.2. The van der Waals surface area contributed by atoms with Crippen LogP contribution in [0, 0.1) is 6.92 Å². The van der Waals surface area contributed by atoms with E-state index in [1.54, 1.807) is 37.3 Å². The fourth-order valence-electron chi connectivity index (χ4n) is 5.50. The molecule has 6 aromatic rings. The predicted molar refractivity (Wildman–Crippen MR) is 167 cm³/mol. The van der Waals surface area contributed by atoms with Gasteiger partial charge in [-0.3, -0.25) is 4.79 Å². The van der Waals surface area contributed by atoms with Crippen molar-refractivity contribution in [3.05, 3.63) is 173 Å². The number of hydrogen-bond acceptors (Lipinski definition) is 3. The number of para-hydroxylation sites is 1. The second-order valence-corrected chi connectivity index (χ2v) is 12.0.